The van der Waals surface area contributed by atoms with E-state index in [0.717, 1.165) is 11.3 Å². The maximum atomic E-state index is 12.5. The topological polar surface area (TPSA) is 86.5 Å². The van der Waals surface area contributed by atoms with Crippen LogP contribution in [-0.2, 0) is 0 Å². The summed E-state index contributed by atoms with van der Waals surface area (Å²) in [5, 5.41) is 10.5. The van der Waals surface area contributed by atoms with Gasteiger partial charge in [-0.05, 0) is 64.8 Å². The molecule has 7 heteroatoms. The zero-order valence-corrected chi connectivity index (χ0v) is 16.4. The molecule has 0 atom stereocenters. The first-order chi connectivity index (χ1) is 14.1. The molecule has 0 fully saturated rings. The number of hydrogen-bond donors (Lipinski definition) is 1. The van der Waals surface area contributed by atoms with Crippen molar-refractivity contribution < 1.29 is 18.9 Å². The lowest BCUT2D eigenvalue weighted by molar-refractivity contribution is 0.102. The lowest BCUT2D eigenvalue weighted by Gasteiger charge is -2.09. The molecule has 3 rings (SSSR count). The zero-order valence-electron chi connectivity index (χ0n) is 16.4. The van der Waals surface area contributed by atoms with Crippen molar-refractivity contribution in [1.82, 2.24) is 10.3 Å². The van der Waals surface area contributed by atoms with Crippen molar-refractivity contribution >= 4 is 11.7 Å². The van der Waals surface area contributed by atoms with E-state index >= 15 is 0 Å². The molecular weight excluding hydrogens is 370 g/mol. The smallest absolute Gasteiger partial charge is 0.256 e. The van der Waals surface area contributed by atoms with Crippen molar-refractivity contribution in [3.8, 4) is 22.8 Å². The Morgan fingerprint density at radius 2 is 1.72 bits per heavy atom. The minimum Gasteiger partial charge on any atom is -0.493 e. The van der Waals surface area contributed by atoms with Crippen molar-refractivity contribution in [2.45, 2.75) is 13.8 Å². The minimum atomic E-state index is -0.325. The Kier molecular flexibility index (Phi) is 6.63. The van der Waals surface area contributed by atoms with Gasteiger partial charge < -0.3 is 14.8 Å². The van der Waals surface area contributed by atoms with Crippen molar-refractivity contribution in [1.29, 1.82) is 0 Å². The molecule has 1 heterocycles. The fourth-order valence-corrected chi connectivity index (χ4v) is 2.47. The van der Waals surface area contributed by atoms with Crippen LogP contribution in [-0.4, -0.2) is 29.4 Å². The number of amides is 1. The standard InChI is InChI=1S/C22H23N3O4/c1-4-13-27-18-11-7-17(8-12-18)22(26)23-21-20(24-29-25-21)16-5-9-19(10-6-16)28-14-15(2)3/h4-12,15H,1,13-14H2,2-3H3,(H,23,25,26). The lowest BCUT2D eigenvalue weighted by atomic mass is 10.1. The van der Waals surface area contributed by atoms with E-state index in [2.05, 4.69) is 36.1 Å². The van der Waals surface area contributed by atoms with Gasteiger partial charge in [0.1, 0.15) is 18.1 Å². The molecule has 1 aromatic heterocycles. The average molecular weight is 393 g/mol. The molecule has 3 aromatic rings. The summed E-state index contributed by atoms with van der Waals surface area (Å²) in [5.74, 6) is 1.79. The summed E-state index contributed by atoms with van der Waals surface area (Å²) in [5.41, 5.74) is 1.66. The van der Waals surface area contributed by atoms with Crippen molar-refractivity contribution in [3.63, 3.8) is 0 Å². The quantitative estimate of drug-likeness (QED) is 0.535. The summed E-state index contributed by atoms with van der Waals surface area (Å²) >= 11 is 0. The van der Waals surface area contributed by atoms with Crippen molar-refractivity contribution in [3.05, 3.63) is 66.7 Å². The first kappa shape index (κ1) is 20.1. The van der Waals surface area contributed by atoms with Crippen LogP contribution in [0.25, 0.3) is 11.3 Å². The van der Waals surface area contributed by atoms with Crippen LogP contribution in [0.3, 0.4) is 0 Å². The Morgan fingerprint density at radius 3 is 2.38 bits per heavy atom. The van der Waals surface area contributed by atoms with Gasteiger partial charge >= 0.3 is 0 Å². The number of aromatic nitrogens is 2. The number of nitrogens with one attached hydrogen (secondary N) is 1. The van der Waals surface area contributed by atoms with Crippen LogP contribution in [0.15, 0.2) is 65.8 Å². The number of carbonyl (C=O) groups is 1. The summed E-state index contributed by atoms with van der Waals surface area (Å²) in [6.45, 7) is 8.82. The molecule has 0 saturated heterocycles. The first-order valence-electron chi connectivity index (χ1n) is 9.27. The van der Waals surface area contributed by atoms with E-state index in [4.69, 9.17) is 14.1 Å². The molecule has 0 radical (unpaired) electrons. The predicted octanol–water partition coefficient (Wildman–Crippen LogP) is 4.59. The van der Waals surface area contributed by atoms with E-state index in [1.54, 1.807) is 30.3 Å². The van der Waals surface area contributed by atoms with E-state index in [0.29, 0.717) is 36.1 Å². The maximum absolute atomic E-state index is 12.5. The van der Waals surface area contributed by atoms with E-state index in [1.165, 1.54) is 0 Å². The molecule has 2 aromatic carbocycles. The fourth-order valence-electron chi connectivity index (χ4n) is 2.47. The van der Waals surface area contributed by atoms with Crippen LogP contribution in [0.5, 0.6) is 11.5 Å². The van der Waals surface area contributed by atoms with E-state index in [9.17, 15) is 4.79 Å². The summed E-state index contributed by atoms with van der Waals surface area (Å²) in [7, 11) is 0. The van der Waals surface area contributed by atoms with E-state index < -0.39 is 0 Å². The van der Waals surface area contributed by atoms with Crippen LogP contribution >= 0.6 is 0 Å². The molecule has 0 saturated carbocycles. The molecule has 0 aliphatic carbocycles. The third-order valence-electron chi connectivity index (χ3n) is 3.92. The highest BCUT2D eigenvalue weighted by Crippen LogP contribution is 2.27. The average Bonchev–Trinajstić information content (AvgIpc) is 3.19. The van der Waals surface area contributed by atoms with E-state index in [-0.39, 0.29) is 11.7 Å². The Bertz CT molecular complexity index is 947. The molecular formula is C22H23N3O4. The molecule has 0 aliphatic rings. The number of hydrogen-bond acceptors (Lipinski definition) is 6. The Hall–Kier alpha value is -3.61. The number of rotatable bonds is 9. The highest BCUT2D eigenvalue weighted by Gasteiger charge is 2.16. The number of ether oxygens (including phenoxy) is 2. The van der Waals surface area contributed by atoms with Gasteiger partial charge in [-0.1, -0.05) is 26.5 Å². The third-order valence-corrected chi connectivity index (χ3v) is 3.92. The first-order valence-corrected chi connectivity index (χ1v) is 9.27. The Labute approximate surface area is 169 Å². The molecule has 1 N–H and O–H groups in total. The highest BCUT2D eigenvalue weighted by atomic mass is 16.6. The van der Waals surface area contributed by atoms with Gasteiger partial charge in [-0.2, -0.15) is 0 Å². The Morgan fingerprint density at radius 1 is 1.07 bits per heavy atom. The summed E-state index contributed by atoms with van der Waals surface area (Å²) in [4.78, 5) is 12.5. The van der Waals surface area contributed by atoms with Gasteiger partial charge in [0.25, 0.3) is 5.91 Å². The monoisotopic (exact) mass is 393 g/mol. The van der Waals surface area contributed by atoms with Gasteiger partial charge in [0.05, 0.1) is 6.61 Å². The van der Waals surface area contributed by atoms with Gasteiger partial charge in [0.2, 0.25) is 5.82 Å². The molecule has 0 spiro atoms. The largest absolute Gasteiger partial charge is 0.493 e. The van der Waals surface area contributed by atoms with Crippen LogP contribution < -0.4 is 14.8 Å². The molecule has 1 amide bonds. The normalized spacial score (nSPS) is 10.6. The summed E-state index contributed by atoms with van der Waals surface area (Å²) < 4.78 is 15.9. The molecule has 150 valence electrons. The Balaban J connectivity index is 1.68. The second-order valence-electron chi connectivity index (χ2n) is 6.77. The number of nitrogens with zero attached hydrogens (tertiary/aromatic N) is 2. The summed E-state index contributed by atoms with van der Waals surface area (Å²) in [6.07, 6.45) is 1.66. The van der Waals surface area contributed by atoms with Gasteiger partial charge in [-0.3, -0.25) is 4.79 Å². The molecule has 0 unspecified atom stereocenters. The number of benzene rings is 2. The molecule has 0 aliphatic heterocycles. The van der Waals surface area contributed by atoms with Crippen LogP contribution in [0.2, 0.25) is 0 Å². The van der Waals surface area contributed by atoms with Crippen molar-refractivity contribution in [2.24, 2.45) is 5.92 Å². The van der Waals surface area contributed by atoms with Gasteiger partial charge in [-0.15, -0.1) is 0 Å². The maximum Gasteiger partial charge on any atom is 0.256 e. The van der Waals surface area contributed by atoms with Crippen LogP contribution in [0.1, 0.15) is 24.2 Å². The second kappa shape index (κ2) is 9.54. The summed E-state index contributed by atoms with van der Waals surface area (Å²) in [6, 6.07) is 14.2. The van der Waals surface area contributed by atoms with Gasteiger partial charge in [-0.25, -0.2) is 4.63 Å². The number of anilines is 1. The second-order valence-corrected chi connectivity index (χ2v) is 6.77. The molecule has 7 nitrogen and oxygen atoms in total. The number of carbonyl (C=O) groups excluding carboxylic acids is 1. The van der Waals surface area contributed by atoms with Crippen LogP contribution in [0.4, 0.5) is 5.82 Å². The molecule has 29 heavy (non-hydrogen) atoms. The van der Waals surface area contributed by atoms with Crippen LogP contribution in [0, 0.1) is 5.92 Å². The third kappa shape index (κ3) is 5.44. The van der Waals surface area contributed by atoms with E-state index in [1.807, 2.05) is 24.3 Å². The predicted molar refractivity (Wildman–Crippen MR) is 110 cm³/mol. The van der Waals surface area contributed by atoms with Gasteiger partial charge in [0, 0.05) is 11.1 Å². The minimum absolute atomic E-state index is 0.248. The SMILES string of the molecule is C=CCOc1ccc(C(=O)Nc2nonc2-c2ccc(OCC(C)C)cc2)cc1. The fraction of sp³-hybridized carbons (Fsp3) is 0.227. The van der Waals surface area contributed by atoms with Crippen molar-refractivity contribution in [2.75, 3.05) is 18.5 Å². The highest BCUT2D eigenvalue weighted by molar-refractivity contribution is 6.05. The molecule has 0 bridgehead atoms. The lowest BCUT2D eigenvalue weighted by Crippen LogP contribution is -2.12. The zero-order chi connectivity index (χ0) is 20.6. The van der Waals surface area contributed by atoms with Gasteiger partial charge in [0.15, 0.2) is 5.69 Å².